The first kappa shape index (κ1) is 15.0. The van der Waals surface area contributed by atoms with Crippen LogP contribution in [0.5, 0.6) is 0 Å². The second-order valence-corrected chi connectivity index (χ2v) is 5.93. The van der Waals surface area contributed by atoms with Crippen LogP contribution in [0.1, 0.15) is 36.4 Å². The lowest BCUT2D eigenvalue weighted by atomic mass is 9.92. The van der Waals surface area contributed by atoms with Gasteiger partial charge in [0.1, 0.15) is 12.1 Å². The molecule has 1 fully saturated rings. The molecule has 22 heavy (non-hydrogen) atoms. The molecule has 2 N–H and O–H groups in total. The normalized spacial score (nSPS) is 19.0. The Morgan fingerprint density at radius 1 is 1.09 bits per heavy atom. The van der Waals surface area contributed by atoms with Crippen molar-refractivity contribution in [1.82, 2.24) is 9.97 Å². The standard InChI is InChI=1S/C18H24N4/c19-10-8-17-13-18(21-14-20-17)22-11-4-7-16(9-12-22)15-5-2-1-3-6-15/h1-3,5-6,13-14,16H,4,7-12,19H2/t16-/m1/s1. The molecule has 3 rings (SSSR count). The highest BCUT2D eigenvalue weighted by atomic mass is 15.2. The van der Waals surface area contributed by atoms with Crippen molar-refractivity contribution in [3.05, 3.63) is 54.0 Å². The van der Waals surface area contributed by atoms with Gasteiger partial charge < -0.3 is 10.6 Å². The molecule has 0 spiro atoms. The third-order valence-corrected chi connectivity index (χ3v) is 4.43. The summed E-state index contributed by atoms with van der Waals surface area (Å²) < 4.78 is 0. The predicted octanol–water partition coefficient (Wildman–Crippen LogP) is 2.75. The van der Waals surface area contributed by atoms with Crippen LogP contribution in [0.15, 0.2) is 42.7 Å². The average molecular weight is 296 g/mol. The molecule has 2 aromatic rings. The Labute approximate surface area is 132 Å². The lowest BCUT2D eigenvalue weighted by Gasteiger charge is -2.22. The van der Waals surface area contributed by atoms with Crippen LogP contribution in [-0.2, 0) is 6.42 Å². The summed E-state index contributed by atoms with van der Waals surface area (Å²) in [5, 5.41) is 0. The SMILES string of the molecule is NCCc1cc(N2CCC[C@@H](c3ccccc3)CC2)ncn1. The average Bonchev–Trinajstić information content (AvgIpc) is 2.82. The molecule has 0 radical (unpaired) electrons. The van der Waals surface area contributed by atoms with Crippen molar-refractivity contribution in [2.24, 2.45) is 5.73 Å². The number of hydrogen-bond donors (Lipinski definition) is 1. The molecule has 1 aromatic heterocycles. The van der Waals surface area contributed by atoms with Crippen molar-refractivity contribution in [2.45, 2.75) is 31.6 Å². The quantitative estimate of drug-likeness (QED) is 0.942. The fourth-order valence-corrected chi connectivity index (χ4v) is 3.23. The molecular weight excluding hydrogens is 272 g/mol. The Morgan fingerprint density at radius 2 is 1.95 bits per heavy atom. The molecule has 0 aliphatic carbocycles. The van der Waals surface area contributed by atoms with E-state index < -0.39 is 0 Å². The van der Waals surface area contributed by atoms with Gasteiger partial charge in [0.05, 0.1) is 0 Å². The summed E-state index contributed by atoms with van der Waals surface area (Å²) in [4.78, 5) is 11.1. The van der Waals surface area contributed by atoms with E-state index in [1.807, 2.05) is 0 Å². The molecular formula is C18H24N4. The Hall–Kier alpha value is -1.94. The number of aromatic nitrogens is 2. The van der Waals surface area contributed by atoms with Crippen LogP contribution in [0.2, 0.25) is 0 Å². The van der Waals surface area contributed by atoms with E-state index in [1.54, 1.807) is 6.33 Å². The molecule has 116 valence electrons. The fraction of sp³-hybridized carbons (Fsp3) is 0.444. The summed E-state index contributed by atoms with van der Waals surface area (Å²) in [6.45, 7) is 2.76. The minimum absolute atomic E-state index is 0.631. The first-order valence-corrected chi connectivity index (χ1v) is 8.17. The number of benzene rings is 1. The summed E-state index contributed by atoms with van der Waals surface area (Å²) in [5.74, 6) is 1.71. The monoisotopic (exact) mass is 296 g/mol. The highest BCUT2D eigenvalue weighted by Gasteiger charge is 2.19. The van der Waals surface area contributed by atoms with Crippen LogP contribution in [0.4, 0.5) is 5.82 Å². The van der Waals surface area contributed by atoms with E-state index in [4.69, 9.17) is 5.73 Å². The van der Waals surface area contributed by atoms with Crippen molar-refractivity contribution < 1.29 is 0 Å². The van der Waals surface area contributed by atoms with E-state index in [0.29, 0.717) is 12.5 Å². The summed E-state index contributed by atoms with van der Waals surface area (Å²) >= 11 is 0. The number of nitrogens with two attached hydrogens (primary N) is 1. The molecule has 4 heteroatoms. The molecule has 0 bridgehead atoms. The predicted molar refractivity (Wildman–Crippen MR) is 90.0 cm³/mol. The zero-order valence-electron chi connectivity index (χ0n) is 13.0. The number of anilines is 1. The molecule has 1 aromatic carbocycles. The fourth-order valence-electron chi connectivity index (χ4n) is 3.23. The van der Waals surface area contributed by atoms with E-state index >= 15 is 0 Å². The maximum atomic E-state index is 5.62. The molecule has 0 amide bonds. The molecule has 0 unspecified atom stereocenters. The van der Waals surface area contributed by atoms with Gasteiger partial charge in [-0.05, 0) is 37.3 Å². The van der Waals surface area contributed by atoms with Gasteiger partial charge in [-0.2, -0.15) is 0 Å². The van der Waals surface area contributed by atoms with E-state index in [2.05, 4.69) is 51.3 Å². The van der Waals surface area contributed by atoms with Crippen LogP contribution in [0.25, 0.3) is 0 Å². The highest BCUT2D eigenvalue weighted by Crippen LogP contribution is 2.29. The molecule has 4 nitrogen and oxygen atoms in total. The number of rotatable bonds is 4. The lowest BCUT2D eigenvalue weighted by molar-refractivity contribution is 0.612. The van der Waals surface area contributed by atoms with Gasteiger partial charge >= 0.3 is 0 Å². The van der Waals surface area contributed by atoms with Gasteiger partial charge in [0.15, 0.2) is 0 Å². The smallest absolute Gasteiger partial charge is 0.132 e. The molecule has 1 saturated heterocycles. The minimum Gasteiger partial charge on any atom is -0.356 e. The van der Waals surface area contributed by atoms with Crippen molar-refractivity contribution in [3.63, 3.8) is 0 Å². The summed E-state index contributed by atoms with van der Waals surface area (Å²) in [6, 6.07) is 13.0. The van der Waals surface area contributed by atoms with E-state index in [9.17, 15) is 0 Å². The van der Waals surface area contributed by atoms with E-state index in [1.165, 1.54) is 24.8 Å². The van der Waals surface area contributed by atoms with Crippen LogP contribution < -0.4 is 10.6 Å². The maximum Gasteiger partial charge on any atom is 0.132 e. The molecule has 2 heterocycles. The Balaban J connectivity index is 1.69. The van der Waals surface area contributed by atoms with E-state index in [0.717, 1.165) is 31.0 Å². The zero-order valence-corrected chi connectivity index (χ0v) is 13.0. The Morgan fingerprint density at radius 3 is 2.77 bits per heavy atom. The molecule has 1 aliphatic rings. The summed E-state index contributed by atoms with van der Waals surface area (Å²) in [6.07, 6.45) is 6.12. The van der Waals surface area contributed by atoms with Crippen molar-refractivity contribution in [1.29, 1.82) is 0 Å². The van der Waals surface area contributed by atoms with Gasteiger partial charge in [-0.15, -0.1) is 0 Å². The first-order chi connectivity index (χ1) is 10.9. The van der Waals surface area contributed by atoms with Crippen LogP contribution in [-0.4, -0.2) is 29.6 Å². The zero-order chi connectivity index (χ0) is 15.2. The van der Waals surface area contributed by atoms with Crippen LogP contribution in [0, 0.1) is 0 Å². The van der Waals surface area contributed by atoms with Gasteiger partial charge in [0.2, 0.25) is 0 Å². The maximum absolute atomic E-state index is 5.62. The lowest BCUT2D eigenvalue weighted by Crippen LogP contribution is -2.25. The minimum atomic E-state index is 0.631. The van der Waals surface area contributed by atoms with Gasteiger partial charge in [0.25, 0.3) is 0 Å². The first-order valence-electron chi connectivity index (χ1n) is 8.17. The van der Waals surface area contributed by atoms with Crippen molar-refractivity contribution in [2.75, 3.05) is 24.5 Å². The van der Waals surface area contributed by atoms with Gasteiger partial charge in [-0.25, -0.2) is 9.97 Å². The number of hydrogen-bond acceptors (Lipinski definition) is 4. The third kappa shape index (κ3) is 3.63. The largest absolute Gasteiger partial charge is 0.356 e. The van der Waals surface area contributed by atoms with Gasteiger partial charge in [0, 0.05) is 31.3 Å². The molecule has 1 aliphatic heterocycles. The third-order valence-electron chi connectivity index (χ3n) is 4.43. The Bertz CT molecular complexity index is 585. The summed E-state index contributed by atoms with van der Waals surface area (Å²) in [7, 11) is 0. The van der Waals surface area contributed by atoms with Crippen LogP contribution in [0.3, 0.4) is 0 Å². The van der Waals surface area contributed by atoms with Gasteiger partial charge in [-0.3, -0.25) is 0 Å². The second kappa shape index (κ2) is 7.36. The Kier molecular flexibility index (Phi) is 5.01. The van der Waals surface area contributed by atoms with Gasteiger partial charge in [-0.1, -0.05) is 30.3 Å². The molecule has 0 saturated carbocycles. The second-order valence-electron chi connectivity index (χ2n) is 5.93. The van der Waals surface area contributed by atoms with E-state index in [-0.39, 0.29) is 0 Å². The summed E-state index contributed by atoms with van der Waals surface area (Å²) in [5.41, 5.74) is 8.13. The topological polar surface area (TPSA) is 55.0 Å². The van der Waals surface area contributed by atoms with Crippen molar-refractivity contribution >= 4 is 5.82 Å². The highest BCUT2D eigenvalue weighted by molar-refractivity contribution is 5.39. The molecule has 1 atom stereocenters. The van der Waals surface area contributed by atoms with Crippen LogP contribution >= 0.6 is 0 Å². The number of nitrogens with zero attached hydrogens (tertiary/aromatic N) is 3. The van der Waals surface area contributed by atoms with Crippen molar-refractivity contribution in [3.8, 4) is 0 Å².